The maximum Gasteiger partial charge on any atom is 0.222 e. The topological polar surface area (TPSA) is 36.4 Å². The van der Waals surface area contributed by atoms with Gasteiger partial charge >= 0.3 is 0 Å². The Morgan fingerprint density at radius 3 is 2.65 bits per heavy atom. The third-order valence-corrected chi connectivity index (χ3v) is 5.57. The summed E-state index contributed by atoms with van der Waals surface area (Å²) in [5.74, 6) is 0.978. The normalized spacial score (nSPS) is 21.3. The fourth-order valence-electron chi connectivity index (χ4n) is 4.23. The average Bonchev–Trinajstić information content (AvgIpc) is 3.08. The Hall–Kier alpha value is -2.20. The van der Waals surface area contributed by atoms with Crippen molar-refractivity contribution < 1.29 is 4.79 Å². The molecule has 2 fully saturated rings. The minimum atomic E-state index is 0.354. The Kier molecular flexibility index (Phi) is 5.30. The van der Waals surface area contributed by atoms with Crippen LogP contribution >= 0.6 is 0 Å². The Bertz CT molecular complexity index is 729. The van der Waals surface area contributed by atoms with Crippen molar-refractivity contribution >= 4 is 5.91 Å². The maximum absolute atomic E-state index is 11.9. The molecule has 1 unspecified atom stereocenters. The third-order valence-electron chi connectivity index (χ3n) is 5.57. The van der Waals surface area contributed by atoms with Gasteiger partial charge in [0, 0.05) is 44.4 Å². The highest BCUT2D eigenvalue weighted by Crippen LogP contribution is 2.23. The standard InChI is InChI=1S/C22H27N3O/c26-22-7-4-14-25(22)17-19-5-3-13-24(16-19)15-18-8-10-20(11-9-18)21-6-1-2-12-23-21/h1-2,6,8-12,19H,3-5,7,13-17H2. The van der Waals surface area contributed by atoms with E-state index in [1.165, 1.54) is 24.0 Å². The summed E-state index contributed by atoms with van der Waals surface area (Å²) in [6, 6.07) is 14.8. The zero-order chi connectivity index (χ0) is 17.8. The quantitative estimate of drug-likeness (QED) is 0.828. The van der Waals surface area contributed by atoms with Crippen LogP contribution in [0.25, 0.3) is 11.3 Å². The number of rotatable bonds is 5. The molecule has 0 radical (unpaired) electrons. The van der Waals surface area contributed by atoms with Gasteiger partial charge in [0.1, 0.15) is 0 Å². The summed E-state index contributed by atoms with van der Waals surface area (Å²) < 4.78 is 0. The highest BCUT2D eigenvalue weighted by molar-refractivity contribution is 5.78. The van der Waals surface area contributed by atoms with E-state index >= 15 is 0 Å². The number of nitrogens with zero attached hydrogens (tertiary/aromatic N) is 3. The van der Waals surface area contributed by atoms with Gasteiger partial charge in [-0.25, -0.2) is 0 Å². The molecule has 4 heteroatoms. The second-order valence-electron chi connectivity index (χ2n) is 7.60. The fourth-order valence-corrected chi connectivity index (χ4v) is 4.23. The van der Waals surface area contributed by atoms with Gasteiger partial charge in [0.15, 0.2) is 0 Å². The van der Waals surface area contributed by atoms with Crippen LogP contribution in [0.5, 0.6) is 0 Å². The molecule has 1 amide bonds. The number of hydrogen-bond donors (Lipinski definition) is 0. The van der Waals surface area contributed by atoms with Gasteiger partial charge in [-0.15, -0.1) is 0 Å². The Labute approximate surface area is 155 Å². The fraction of sp³-hybridized carbons (Fsp3) is 0.455. The molecular formula is C22H27N3O. The van der Waals surface area contributed by atoms with E-state index in [9.17, 15) is 4.79 Å². The Morgan fingerprint density at radius 2 is 1.92 bits per heavy atom. The largest absolute Gasteiger partial charge is 0.342 e. The number of amides is 1. The van der Waals surface area contributed by atoms with Gasteiger partial charge in [0.2, 0.25) is 5.91 Å². The zero-order valence-corrected chi connectivity index (χ0v) is 15.3. The predicted octanol–water partition coefficient (Wildman–Crippen LogP) is 3.58. The molecule has 3 heterocycles. The first-order valence-electron chi connectivity index (χ1n) is 9.78. The lowest BCUT2D eigenvalue weighted by Crippen LogP contribution is -2.41. The van der Waals surface area contributed by atoms with Crippen LogP contribution in [-0.2, 0) is 11.3 Å². The monoisotopic (exact) mass is 349 g/mol. The van der Waals surface area contributed by atoms with E-state index in [1.54, 1.807) is 0 Å². The summed E-state index contributed by atoms with van der Waals surface area (Å²) in [7, 11) is 0. The first-order chi connectivity index (χ1) is 12.8. The number of pyridine rings is 1. The highest BCUT2D eigenvalue weighted by Gasteiger charge is 2.26. The number of hydrogen-bond acceptors (Lipinski definition) is 3. The minimum Gasteiger partial charge on any atom is -0.342 e. The van der Waals surface area contributed by atoms with Crippen LogP contribution in [-0.4, -0.2) is 46.9 Å². The van der Waals surface area contributed by atoms with Gasteiger partial charge < -0.3 is 4.90 Å². The van der Waals surface area contributed by atoms with E-state index in [1.807, 2.05) is 24.4 Å². The van der Waals surface area contributed by atoms with Crippen molar-refractivity contribution in [2.24, 2.45) is 5.92 Å². The molecule has 4 rings (SSSR count). The van der Waals surface area contributed by atoms with Gasteiger partial charge in [-0.3, -0.25) is 14.7 Å². The van der Waals surface area contributed by atoms with Crippen LogP contribution in [0.2, 0.25) is 0 Å². The summed E-state index contributed by atoms with van der Waals surface area (Å²) >= 11 is 0. The third kappa shape index (κ3) is 4.13. The summed E-state index contributed by atoms with van der Waals surface area (Å²) in [5.41, 5.74) is 3.54. The van der Waals surface area contributed by atoms with E-state index in [4.69, 9.17) is 0 Å². The lowest BCUT2D eigenvalue weighted by atomic mass is 9.97. The summed E-state index contributed by atoms with van der Waals surface area (Å²) in [6.07, 6.45) is 6.11. The zero-order valence-electron chi connectivity index (χ0n) is 15.3. The number of piperidine rings is 1. The van der Waals surface area contributed by atoms with Gasteiger partial charge in [-0.2, -0.15) is 0 Å². The number of benzene rings is 1. The molecule has 2 aliphatic rings. The lowest BCUT2D eigenvalue weighted by Gasteiger charge is -2.34. The molecule has 2 aliphatic heterocycles. The first kappa shape index (κ1) is 17.2. The summed E-state index contributed by atoms with van der Waals surface area (Å²) in [6.45, 7) is 5.17. The van der Waals surface area contributed by atoms with Crippen molar-refractivity contribution in [3.05, 3.63) is 54.2 Å². The van der Waals surface area contributed by atoms with Crippen LogP contribution in [0.1, 0.15) is 31.2 Å². The Morgan fingerprint density at radius 1 is 1.04 bits per heavy atom. The number of aromatic nitrogens is 1. The van der Waals surface area contributed by atoms with Crippen molar-refractivity contribution in [3.8, 4) is 11.3 Å². The van der Waals surface area contributed by atoms with Gasteiger partial charge in [-0.1, -0.05) is 30.3 Å². The number of carbonyl (C=O) groups excluding carboxylic acids is 1. The molecule has 0 saturated carbocycles. The van der Waals surface area contributed by atoms with Crippen LogP contribution in [0.4, 0.5) is 0 Å². The van der Waals surface area contributed by atoms with E-state index in [-0.39, 0.29) is 0 Å². The van der Waals surface area contributed by atoms with Crippen LogP contribution in [0, 0.1) is 5.92 Å². The molecule has 4 nitrogen and oxygen atoms in total. The van der Waals surface area contributed by atoms with E-state index in [2.05, 4.69) is 39.0 Å². The molecule has 26 heavy (non-hydrogen) atoms. The molecule has 1 atom stereocenters. The second-order valence-corrected chi connectivity index (χ2v) is 7.60. The Balaban J connectivity index is 1.34. The van der Waals surface area contributed by atoms with Gasteiger partial charge in [0.25, 0.3) is 0 Å². The minimum absolute atomic E-state index is 0.354. The summed E-state index contributed by atoms with van der Waals surface area (Å²) in [4.78, 5) is 20.9. The molecule has 1 aromatic carbocycles. The molecule has 2 saturated heterocycles. The summed E-state index contributed by atoms with van der Waals surface area (Å²) in [5, 5.41) is 0. The van der Waals surface area contributed by atoms with Crippen molar-refractivity contribution in [2.45, 2.75) is 32.2 Å². The van der Waals surface area contributed by atoms with Crippen molar-refractivity contribution in [1.82, 2.24) is 14.8 Å². The van der Waals surface area contributed by atoms with E-state index < -0.39 is 0 Å². The lowest BCUT2D eigenvalue weighted by molar-refractivity contribution is -0.128. The second kappa shape index (κ2) is 8.00. The predicted molar refractivity (Wildman–Crippen MR) is 103 cm³/mol. The van der Waals surface area contributed by atoms with Crippen molar-refractivity contribution in [3.63, 3.8) is 0 Å². The van der Waals surface area contributed by atoms with Gasteiger partial charge in [0.05, 0.1) is 5.69 Å². The molecule has 1 aromatic heterocycles. The van der Waals surface area contributed by atoms with E-state index in [0.29, 0.717) is 11.8 Å². The smallest absolute Gasteiger partial charge is 0.222 e. The number of likely N-dealkylation sites (tertiary alicyclic amines) is 2. The van der Waals surface area contributed by atoms with Crippen LogP contribution < -0.4 is 0 Å². The average molecular weight is 349 g/mol. The molecule has 0 bridgehead atoms. The molecule has 0 aliphatic carbocycles. The molecule has 0 N–H and O–H groups in total. The molecule has 0 spiro atoms. The van der Waals surface area contributed by atoms with Crippen LogP contribution in [0.15, 0.2) is 48.7 Å². The molecule has 136 valence electrons. The van der Waals surface area contributed by atoms with Crippen molar-refractivity contribution in [2.75, 3.05) is 26.2 Å². The van der Waals surface area contributed by atoms with E-state index in [0.717, 1.165) is 51.3 Å². The van der Waals surface area contributed by atoms with Gasteiger partial charge in [-0.05, 0) is 49.4 Å². The highest BCUT2D eigenvalue weighted by atomic mass is 16.2. The maximum atomic E-state index is 11.9. The first-order valence-corrected chi connectivity index (χ1v) is 9.78. The SMILES string of the molecule is O=C1CCCN1CC1CCCN(Cc2ccc(-c3ccccn3)cc2)C1. The molecule has 2 aromatic rings. The number of carbonyl (C=O) groups is 1. The molecular weight excluding hydrogens is 322 g/mol. The van der Waals surface area contributed by atoms with Crippen molar-refractivity contribution in [1.29, 1.82) is 0 Å². The van der Waals surface area contributed by atoms with Crippen LogP contribution in [0.3, 0.4) is 0 Å².